The van der Waals surface area contributed by atoms with E-state index >= 15 is 0 Å². The Morgan fingerprint density at radius 2 is 2.21 bits per heavy atom. The molecular weight excluding hydrogens is 324 g/mol. The lowest BCUT2D eigenvalue weighted by Crippen LogP contribution is -2.09. The van der Waals surface area contributed by atoms with Gasteiger partial charge in [0.25, 0.3) is 0 Å². The van der Waals surface area contributed by atoms with Gasteiger partial charge in [-0.2, -0.15) is 0 Å². The molecule has 1 heterocycles. The SMILES string of the molecule is CC(C)Oc1cccc(NCc2cc(Br)cs2)c1N. The monoisotopic (exact) mass is 340 g/mol. The first kappa shape index (κ1) is 14.2. The second-order valence-corrected chi connectivity index (χ2v) is 6.38. The molecule has 2 rings (SSSR count). The smallest absolute Gasteiger partial charge is 0.144 e. The van der Waals surface area contributed by atoms with Crippen LogP contribution in [-0.2, 0) is 6.54 Å². The summed E-state index contributed by atoms with van der Waals surface area (Å²) in [6.45, 7) is 4.73. The number of anilines is 2. The summed E-state index contributed by atoms with van der Waals surface area (Å²) in [7, 11) is 0. The third-order valence-corrected chi connectivity index (χ3v) is 4.20. The van der Waals surface area contributed by atoms with Gasteiger partial charge in [-0.3, -0.25) is 0 Å². The number of rotatable bonds is 5. The van der Waals surface area contributed by atoms with E-state index in [0.717, 1.165) is 22.5 Å². The molecule has 0 aliphatic carbocycles. The molecule has 0 saturated heterocycles. The number of hydrogen-bond acceptors (Lipinski definition) is 4. The number of nitrogen functional groups attached to an aromatic ring is 1. The Balaban J connectivity index is 2.08. The van der Waals surface area contributed by atoms with Crippen molar-refractivity contribution in [2.24, 2.45) is 0 Å². The van der Waals surface area contributed by atoms with Gasteiger partial charge in [-0.05, 0) is 48.0 Å². The lowest BCUT2D eigenvalue weighted by molar-refractivity contribution is 0.244. The Morgan fingerprint density at radius 3 is 2.84 bits per heavy atom. The molecule has 0 aliphatic rings. The van der Waals surface area contributed by atoms with E-state index in [9.17, 15) is 0 Å². The Morgan fingerprint density at radius 1 is 1.42 bits per heavy atom. The minimum absolute atomic E-state index is 0.116. The number of thiophene rings is 1. The van der Waals surface area contributed by atoms with Gasteiger partial charge in [-0.25, -0.2) is 0 Å². The van der Waals surface area contributed by atoms with Crippen molar-refractivity contribution < 1.29 is 4.74 Å². The zero-order valence-electron chi connectivity index (χ0n) is 10.9. The fourth-order valence-corrected chi connectivity index (χ4v) is 3.07. The van der Waals surface area contributed by atoms with Crippen molar-refractivity contribution in [3.05, 3.63) is 39.0 Å². The predicted molar refractivity (Wildman–Crippen MR) is 86.0 cm³/mol. The fourth-order valence-electron chi connectivity index (χ4n) is 1.68. The zero-order chi connectivity index (χ0) is 13.8. The lowest BCUT2D eigenvalue weighted by atomic mass is 10.2. The van der Waals surface area contributed by atoms with E-state index in [4.69, 9.17) is 10.5 Å². The minimum atomic E-state index is 0.116. The third kappa shape index (κ3) is 3.88. The largest absolute Gasteiger partial charge is 0.489 e. The highest BCUT2D eigenvalue weighted by molar-refractivity contribution is 9.10. The molecule has 0 unspecified atom stereocenters. The van der Waals surface area contributed by atoms with Crippen LogP contribution in [0.4, 0.5) is 11.4 Å². The van der Waals surface area contributed by atoms with Gasteiger partial charge in [0.05, 0.1) is 17.5 Å². The number of ether oxygens (including phenoxy) is 1. The van der Waals surface area contributed by atoms with Gasteiger partial charge in [0.2, 0.25) is 0 Å². The summed E-state index contributed by atoms with van der Waals surface area (Å²) in [4.78, 5) is 1.25. The van der Waals surface area contributed by atoms with E-state index in [1.807, 2.05) is 32.0 Å². The average molecular weight is 341 g/mol. The summed E-state index contributed by atoms with van der Waals surface area (Å²) >= 11 is 5.16. The van der Waals surface area contributed by atoms with Gasteiger partial charge in [0.1, 0.15) is 5.75 Å². The number of para-hydroxylation sites is 1. The van der Waals surface area contributed by atoms with Crippen LogP contribution in [0.2, 0.25) is 0 Å². The van der Waals surface area contributed by atoms with Crippen LogP contribution < -0.4 is 15.8 Å². The number of halogens is 1. The molecule has 0 bridgehead atoms. The molecule has 1 aromatic heterocycles. The number of nitrogens with two attached hydrogens (primary N) is 1. The first-order valence-corrected chi connectivity index (χ1v) is 7.75. The van der Waals surface area contributed by atoms with Gasteiger partial charge in [0, 0.05) is 21.3 Å². The van der Waals surface area contributed by atoms with Crippen LogP contribution in [0.15, 0.2) is 34.1 Å². The highest BCUT2D eigenvalue weighted by Crippen LogP contribution is 2.31. The quantitative estimate of drug-likeness (QED) is 0.788. The summed E-state index contributed by atoms with van der Waals surface area (Å²) in [5.41, 5.74) is 7.67. The first-order chi connectivity index (χ1) is 9.06. The molecule has 0 radical (unpaired) electrons. The minimum Gasteiger partial charge on any atom is -0.489 e. The molecule has 0 amide bonds. The molecule has 1 aromatic carbocycles. The summed E-state index contributed by atoms with van der Waals surface area (Å²) in [6, 6.07) is 7.90. The molecule has 5 heteroatoms. The highest BCUT2D eigenvalue weighted by Gasteiger charge is 2.07. The van der Waals surface area contributed by atoms with Crippen LogP contribution in [0.5, 0.6) is 5.75 Å². The number of hydrogen-bond donors (Lipinski definition) is 2. The van der Waals surface area contributed by atoms with Crippen molar-refractivity contribution in [3.8, 4) is 5.75 Å². The fraction of sp³-hybridized carbons (Fsp3) is 0.286. The van der Waals surface area contributed by atoms with Crippen LogP contribution in [0.25, 0.3) is 0 Å². The number of nitrogens with one attached hydrogen (secondary N) is 1. The van der Waals surface area contributed by atoms with E-state index in [1.165, 1.54) is 4.88 Å². The summed E-state index contributed by atoms with van der Waals surface area (Å²) < 4.78 is 6.78. The molecule has 0 spiro atoms. The van der Waals surface area contributed by atoms with E-state index in [0.29, 0.717) is 5.69 Å². The maximum atomic E-state index is 6.11. The normalized spacial score (nSPS) is 10.7. The third-order valence-electron chi connectivity index (χ3n) is 2.50. The molecule has 0 fully saturated rings. The molecule has 3 N–H and O–H groups in total. The molecule has 102 valence electrons. The predicted octanol–water partition coefficient (Wildman–Crippen LogP) is 4.49. The van der Waals surface area contributed by atoms with Crippen LogP contribution in [0.1, 0.15) is 18.7 Å². The van der Waals surface area contributed by atoms with Gasteiger partial charge in [-0.15, -0.1) is 11.3 Å². The average Bonchev–Trinajstić information content (AvgIpc) is 2.76. The molecule has 2 aromatic rings. The van der Waals surface area contributed by atoms with E-state index in [1.54, 1.807) is 11.3 Å². The molecule has 0 aliphatic heterocycles. The molecule has 19 heavy (non-hydrogen) atoms. The van der Waals surface area contributed by atoms with Crippen molar-refractivity contribution in [1.29, 1.82) is 0 Å². The molecular formula is C14H17BrN2OS. The molecule has 0 saturated carbocycles. The van der Waals surface area contributed by atoms with Crippen LogP contribution >= 0.6 is 27.3 Å². The van der Waals surface area contributed by atoms with Gasteiger partial charge in [-0.1, -0.05) is 6.07 Å². The van der Waals surface area contributed by atoms with Gasteiger partial charge < -0.3 is 15.8 Å². The van der Waals surface area contributed by atoms with Crippen molar-refractivity contribution >= 4 is 38.6 Å². The van der Waals surface area contributed by atoms with Crippen LogP contribution in [0.3, 0.4) is 0 Å². The second-order valence-electron chi connectivity index (χ2n) is 4.47. The first-order valence-electron chi connectivity index (χ1n) is 6.08. The maximum Gasteiger partial charge on any atom is 0.144 e. The van der Waals surface area contributed by atoms with E-state index in [2.05, 4.69) is 32.7 Å². The summed E-state index contributed by atoms with van der Waals surface area (Å²) in [5, 5.41) is 5.41. The summed E-state index contributed by atoms with van der Waals surface area (Å²) in [6.07, 6.45) is 0.116. The van der Waals surface area contributed by atoms with Crippen molar-refractivity contribution in [2.75, 3.05) is 11.1 Å². The second kappa shape index (κ2) is 6.30. The van der Waals surface area contributed by atoms with Gasteiger partial charge in [0.15, 0.2) is 0 Å². The highest BCUT2D eigenvalue weighted by atomic mass is 79.9. The zero-order valence-corrected chi connectivity index (χ0v) is 13.3. The van der Waals surface area contributed by atoms with Crippen LogP contribution in [0, 0.1) is 0 Å². The Hall–Kier alpha value is -1.20. The van der Waals surface area contributed by atoms with Gasteiger partial charge >= 0.3 is 0 Å². The maximum absolute atomic E-state index is 6.11. The molecule has 0 atom stereocenters. The van der Waals surface area contributed by atoms with Crippen molar-refractivity contribution in [3.63, 3.8) is 0 Å². The Labute approximate surface area is 125 Å². The van der Waals surface area contributed by atoms with Crippen LogP contribution in [-0.4, -0.2) is 6.10 Å². The van der Waals surface area contributed by atoms with Crippen molar-refractivity contribution in [1.82, 2.24) is 0 Å². The Bertz CT molecular complexity index is 554. The lowest BCUT2D eigenvalue weighted by Gasteiger charge is -2.15. The van der Waals surface area contributed by atoms with Crippen molar-refractivity contribution in [2.45, 2.75) is 26.5 Å². The van der Waals surface area contributed by atoms with E-state index in [-0.39, 0.29) is 6.10 Å². The number of benzene rings is 1. The van der Waals surface area contributed by atoms with E-state index < -0.39 is 0 Å². The summed E-state index contributed by atoms with van der Waals surface area (Å²) in [5.74, 6) is 0.729. The standard InChI is InChI=1S/C14H17BrN2OS/c1-9(2)18-13-5-3-4-12(14(13)16)17-7-11-6-10(15)8-19-11/h3-6,8-9,17H,7,16H2,1-2H3. The molecule has 3 nitrogen and oxygen atoms in total. The Kier molecular flexibility index (Phi) is 4.71. The topological polar surface area (TPSA) is 47.3 Å².